The lowest BCUT2D eigenvalue weighted by Crippen LogP contribution is -2.32. The number of aliphatic hydroxyl groups excluding tert-OH is 1. The summed E-state index contributed by atoms with van der Waals surface area (Å²) in [5.74, 6) is 0. The highest BCUT2D eigenvalue weighted by atomic mass is 35.5. The van der Waals surface area contributed by atoms with Gasteiger partial charge in [0.2, 0.25) is 0 Å². The summed E-state index contributed by atoms with van der Waals surface area (Å²) in [5.41, 5.74) is 6.55. The molecule has 0 aromatic carbocycles. The second kappa shape index (κ2) is 5.17. The second-order valence-electron chi connectivity index (χ2n) is 3.42. The first-order valence-corrected chi connectivity index (χ1v) is 5.47. The third kappa shape index (κ3) is 2.74. The Balaban J connectivity index is 2.69. The van der Waals surface area contributed by atoms with Gasteiger partial charge in [-0.2, -0.15) is 0 Å². The predicted molar refractivity (Wildman–Crippen MR) is 60.8 cm³/mol. The number of hydrogen-bond acceptors (Lipinski definition) is 2. The van der Waals surface area contributed by atoms with Gasteiger partial charge in [-0.1, -0.05) is 18.2 Å². The van der Waals surface area contributed by atoms with Crippen LogP contribution in [0.3, 0.4) is 0 Å². The lowest BCUT2D eigenvalue weighted by atomic mass is 9.91. The molecule has 1 aliphatic carbocycles. The molecular weight excluding hydrogens is 221 g/mol. The zero-order valence-electron chi connectivity index (χ0n) is 7.92. The Morgan fingerprint density at radius 3 is 2.79 bits per heavy atom. The minimum atomic E-state index is -0.644. The summed E-state index contributed by atoms with van der Waals surface area (Å²) in [6.07, 6.45) is 6.98. The van der Waals surface area contributed by atoms with Crippen molar-refractivity contribution in [2.24, 2.45) is 5.73 Å². The SMILES string of the molecule is NCCC1=CC(Cl)C(Cl)(CCO)C=C1. The van der Waals surface area contributed by atoms with Crippen LogP contribution in [0.1, 0.15) is 12.8 Å². The van der Waals surface area contributed by atoms with Crippen LogP contribution in [-0.4, -0.2) is 28.5 Å². The van der Waals surface area contributed by atoms with Gasteiger partial charge in [-0.3, -0.25) is 0 Å². The van der Waals surface area contributed by atoms with Crippen molar-refractivity contribution >= 4 is 23.2 Å². The molecule has 0 aromatic rings. The molecule has 0 heterocycles. The Labute approximate surface area is 94.4 Å². The molecule has 1 rings (SSSR count). The lowest BCUT2D eigenvalue weighted by Gasteiger charge is -2.29. The normalized spacial score (nSPS) is 31.7. The van der Waals surface area contributed by atoms with E-state index in [1.165, 1.54) is 0 Å². The molecule has 80 valence electrons. The van der Waals surface area contributed by atoms with Crippen LogP contribution in [0.2, 0.25) is 0 Å². The highest BCUT2D eigenvalue weighted by Gasteiger charge is 2.33. The van der Waals surface area contributed by atoms with Crippen LogP contribution in [-0.2, 0) is 0 Å². The van der Waals surface area contributed by atoms with Crippen molar-refractivity contribution in [3.05, 3.63) is 23.8 Å². The lowest BCUT2D eigenvalue weighted by molar-refractivity contribution is 0.276. The van der Waals surface area contributed by atoms with Gasteiger partial charge in [0.05, 0.1) is 10.3 Å². The van der Waals surface area contributed by atoms with Crippen LogP contribution in [0, 0.1) is 0 Å². The molecule has 0 saturated heterocycles. The Morgan fingerprint density at radius 1 is 1.57 bits per heavy atom. The number of alkyl halides is 2. The van der Waals surface area contributed by atoms with E-state index in [9.17, 15) is 0 Å². The van der Waals surface area contributed by atoms with E-state index >= 15 is 0 Å². The van der Waals surface area contributed by atoms with E-state index in [2.05, 4.69) is 0 Å². The van der Waals surface area contributed by atoms with Gasteiger partial charge in [-0.25, -0.2) is 0 Å². The van der Waals surface area contributed by atoms with Crippen molar-refractivity contribution in [2.45, 2.75) is 23.1 Å². The minimum Gasteiger partial charge on any atom is -0.396 e. The Kier molecular flexibility index (Phi) is 4.45. The zero-order valence-corrected chi connectivity index (χ0v) is 9.43. The van der Waals surface area contributed by atoms with Crippen LogP contribution >= 0.6 is 23.2 Å². The first-order chi connectivity index (χ1) is 6.62. The maximum atomic E-state index is 8.85. The number of rotatable bonds is 4. The smallest absolute Gasteiger partial charge is 0.0849 e. The molecule has 0 aliphatic heterocycles. The molecule has 0 spiro atoms. The molecule has 1 aliphatic rings. The Bertz CT molecular complexity index is 253. The van der Waals surface area contributed by atoms with Crippen molar-refractivity contribution in [1.82, 2.24) is 0 Å². The van der Waals surface area contributed by atoms with Gasteiger partial charge in [0, 0.05) is 6.61 Å². The highest BCUT2D eigenvalue weighted by Crippen LogP contribution is 2.35. The molecule has 0 bridgehead atoms. The monoisotopic (exact) mass is 235 g/mol. The van der Waals surface area contributed by atoms with E-state index in [0.29, 0.717) is 13.0 Å². The Hall–Kier alpha value is -0.0200. The van der Waals surface area contributed by atoms with Gasteiger partial charge in [0.25, 0.3) is 0 Å². The summed E-state index contributed by atoms with van der Waals surface area (Å²) < 4.78 is 0. The topological polar surface area (TPSA) is 46.2 Å². The van der Waals surface area contributed by atoms with E-state index in [1.807, 2.05) is 18.2 Å². The predicted octanol–water partition coefficient (Wildman–Crippen LogP) is 1.80. The molecule has 2 unspecified atom stereocenters. The molecule has 14 heavy (non-hydrogen) atoms. The molecule has 2 nitrogen and oxygen atoms in total. The third-order valence-corrected chi connectivity index (χ3v) is 3.50. The number of allylic oxidation sites excluding steroid dienone is 3. The molecule has 0 saturated carbocycles. The van der Waals surface area contributed by atoms with Gasteiger partial charge >= 0.3 is 0 Å². The summed E-state index contributed by atoms with van der Waals surface area (Å²) in [7, 11) is 0. The number of halogens is 2. The Morgan fingerprint density at radius 2 is 2.29 bits per heavy atom. The summed E-state index contributed by atoms with van der Waals surface area (Å²) in [6.45, 7) is 0.645. The van der Waals surface area contributed by atoms with Crippen LogP contribution < -0.4 is 5.73 Å². The molecule has 0 aromatic heterocycles. The van der Waals surface area contributed by atoms with Crippen LogP contribution in [0.15, 0.2) is 23.8 Å². The van der Waals surface area contributed by atoms with Gasteiger partial charge in [0.1, 0.15) is 0 Å². The van der Waals surface area contributed by atoms with Crippen LogP contribution in [0.25, 0.3) is 0 Å². The average molecular weight is 236 g/mol. The fraction of sp³-hybridized carbons (Fsp3) is 0.600. The average Bonchev–Trinajstić information content (AvgIpc) is 2.13. The molecule has 2 atom stereocenters. The standard InChI is InChI=1S/C10H15Cl2NO/c11-9-7-8(2-5-13)1-3-10(9,12)4-6-14/h1,3,7,9,14H,2,4-6,13H2. The van der Waals surface area contributed by atoms with Crippen LogP contribution in [0.5, 0.6) is 0 Å². The second-order valence-corrected chi connectivity index (χ2v) is 4.59. The fourth-order valence-electron chi connectivity index (χ4n) is 1.45. The molecule has 0 radical (unpaired) electrons. The van der Waals surface area contributed by atoms with Crippen molar-refractivity contribution in [3.63, 3.8) is 0 Å². The summed E-state index contributed by atoms with van der Waals surface area (Å²) in [5, 5.41) is 8.58. The van der Waals surface area contributed by atoms with E-state index in [-0.39, 0.29) is 12.0 Å². The summed E-state index contributed by atoms with van der Waals surface area (Å²) >= 11 is 12.4. The summed E-state index contributed by atoms with van der Waals surface area (Å²) in [6, 6.07) is 0. The van der Waals surface area contributed by atoms with E-state index in [1.54, 1.807) is 0 Å². The van der Waals surface area contributed by atoms with Crippen molar-refractivity contribution < 1.29 is 5.11 Å². The first kappa shape index (κ1) is 12.1. The van der Waals surface area contributed by atoms with E-state index < -0.39 is 4.87 Å². The van der Waals surface area contributed by atoms with E-state index in [0.717, 1.165) is 12.0 Å². The fourth-order valence-corrected chi connectivity index (χ4v) is 2.00. The maximum absolute atomic E-state index is 8.85. The molecule has 4 heteroatoms. The van der Waals surface area contributed by atoms with Gasteiger partial charge in [-0.05, 0) is 25.0 Å². The quantitative estimate of drug-likeness (QED) is 0.731. The largest absolute Gasteiger partial charge is 0.396 e. The highest BCUT2D eigenvalue weighted by molar-refractivity contribution is 6.34. The zero-order chi connectivity index (χ0) is 10.6. The molecule has 3 N–H and O–H groups in total. The van der Waals surface area contributed by atoms with E-state index in [4.69, 9.17) is 34.0 Å². The first-order valence-electron chi connectivity index (χ1n) is 4.66. The van der Waals surface area contributed by atoms with Crippen molar-refractivity contribution in [1.29, 1.82) is 0 Å². The molecule has 0 fully saturated rings. The maximum Gasteiger partial charge on any atom is 0.0849 e. The van der Waals surface area contributed by atoms with Crippen LogP contribution in [0.4, 0.5) is 0 Å². The number of aliphatic hydroxyl groups is 1. The molecular formula is C10H15Cl2NO. The third-order valence-electron chi connectivity index (χ3n) is 2.32. The number of nitrogens with two attached hydrogens (primary N) is 1. The van der Waals surface area contributed by atoms with Gasteiger partial charge in [-0.15, -0.1) is 23.2 Å². The number of hydrogen-bond donors (Lipinski definition) is 2. The summed E-state index contributed by atoms with van der Waals surface area (Å²) in [4.78, 5) is -0.644. The minimum absolute atomic E-state index is 0.0388. The van der Waals surface area contributed by atoms with Crippen molar-refractivity contribution in [3.8, 4) is 0 Å². The van der Waals surface area contributed by atoms with Gasteiger partial charge < -0.3 is 10.8 Å². The molecule has 0 amide bonds. The van der Waals surface area contributed by atoms with Gasteiger partial charge in [0.15, 0.2) is 0 Å². The van der Waals surface area contributed by atoms with Crippen molar-refractivity contribution in [2.75, 3.05) is 13.2 Å².